The lowest BCUT2D eigenvalue weighted by molar-refractivity contribution is 0.0725. The number of thiophene rings is 1. The molecule has 1 fully saturated rings. The summed E-state index contributed by atoms with van der Waals surface area (Å²) >= 11 is 1.66. The zero-order chi connectivity index (χ0) is 21.1. The van der Waals surface area contributed by atoms with Crippen molar-refractivity contribution in [2.75, 3.05) is 20.2 Å². The van der Waals surface area contributed by atoms with Crippen LogP contribution in [0, 0.1) is 0 Å². The number of amides is 1. The van der Waals surface area contributed by atoms with E-state index in [4.69, 9.17) is 4.74 Å². The van der Waals surface area contributed by atoms with E-state index in [0.29, 0.717) is 42.1 Å². The molecule has 0 spiro atoms. The van der Waals surface area contributed by atoms with Gasteiger partial charge in [0, 0.05) is 23.5 Å². The number of hydrogen-bond donors (Lipinski definition) is 0. The molecule has 30 heavy (non-hydrogen) atoms. The summed E-state index contributed by atoms with van der Waals surface area (Å²) in [6, 6.07) is 18.1. The van der Waals surface area contributed by atoms with Crippen LogP contribution in [0.3, 0.4) is 0 Å². The summed E-state index contributed by atoms with van der Waals surface area (Å²) in [5.74, 6) is 0.576. The molecule has 1 aliphatic rings. The standard InChI is InChI=1S/C23H23NO4S2/c1-28-19-8-10-20(11-9-19)30(26,27)21-12-14-24(15-13-21)23(25)18-6-4-17(5-7-18)22-3-2-16-29-22/h2-11,16,21H,12-15H2,1H3. The van der Waals surface area contributed by atoms with E-state index < -0.39 is 15.1 Å². The molecule has 0 aliphatic carbocycles. The van der Waals surface area contributed by atoms with E-state index in [1.807, 2.05) is 35.7 Å². The molecule has 0 atom stereocenters. The van der Waals surface area contributed by atoms with Gasteiger partial charge in [-0.15, -0.1) is 11.3 Å². The van der Waals surface area contributed by atoms with Crippen LogP contribution in [0.2, 0.25) is 0 Å². The first-order chi connectivity index (χ1) is 14.5. The first-order valence-electron chi connectivity index (χ1n) is 9.80. The molecule has 2 heterocycles. The van der Waals surface area contributed by atoms with Gasteiger partial charge in [0.15, 0.2) is 9.84 Å². The van der Waals surface area contributed by atoms with Crippen molar-refractivity contribution < 1.29 is 17.9 Å². The monoisotopic (exact) mass is 441 g/mol. The second-order valence-electron chi connectivity index (χ2n) is 7.27. The summed E-state index contributed by atoms with van der Waals surface area (Å²) < 4.78 is 31.0. The smallest absolute Gasteiger partial charge is 0.253 e. The molecule has 4 rings (SSSR count). The minimum absolute atomic E-state index is 0.0481. The number of nitrogens with zero attached hydrogens (tertiary/aromatic N) is 1. The summed E-state index contributed by atoms with van der Waals surface area (Å²) in [6.07, 6.45) is 0.876. The maximum Gasteiger partial charge on any atom is 0.253 e. The van der Waals surface area contributed by atoms with Crippen molar-refractivity contribution in [1.82, 2.24) is 4.90 Å². The van der Waals surface area contributed by atoms with Gasteiger partial charge in [-0.2, -0.15) is 0 Å². The zero-order valence-electron chi connectivity index (χ0n) is 16.7. The maximum atomic E-state index is 12.9. The lowest BCUT2D eigenvalue weighted by Crippen LogP contribution is -2.42. The number of methoxy groups -OCH3 is 1. The third-order valence-corrected chi connectivity index (χ3v) is 8.69. The van der Waals surface area contributed by atoms with Crippen LogP contribution < -0.4 is 4.74 Å². The number of benzene rings is 2. The largest absolute Gasteiger partial charge is 0.497 e. The Morgan fingerprint density at radius 1 is 1.00 bits per heavy atom. The topological polar surface area (TPSA) is 63.7 Å². The summed E-state index contributed by atoms with van der Waals surface area (Å²) in [6.45, 7) is 0.872. The van der Waals surface area contributed by atoms with Crippen molar-refractivity contribution in [1.29, 1.82) is 0 Å². The molecule has 0 bridgehead atoms. The van der Waals surface area contributed by atoms with Crippen molar-refractivity contribution in [2.24, 2.45) is 0 Å². The highest BCUT2D eigenvalue weighted by Gasteiger charge is 2.33. The fourth-order valence-corrected chi connectivity index (χ4v) is 6.19. The number of likely N-dealkylation sites (tertiary alicyclic amines) is 1. The number of ether oxygens (including phenoxy) is 1. The van der Waals surface area contributed by atoms with Crippen molar-refractivity contribution in [3.63, 3.8) is 0 Å². The quantitative estimate of drug-likeness (QED) is 0.585. The first kappa shape index (κ1) is 20.6. The van der Waals surface area contributed by atoms with Gasteiger partial charge < -0.3 is 9.64 Å². The van der Waals surface area contributed by atoms with Crippen LogP contribution >= 0.6 is 11.3 Å². The van der Waals surface area contributed by atoms with Gasteiger partial charge in [-0.05, 0) is 66.2 Å². The molecule has 3 aromatic rings. The zero-order valence-corrected chi connectivity index (χ0v) is 18.3. The molecule has 0 N–H and O–H groups in total. The van der Waals surface area contributed by atoms with Crippen molar-refractivity contribution in [3.05, 3.63) is 71.6 Å². The molecule has 0 saturated carbocycles. The van der Waals surface area contributed by atoms with Crippen LogP contribution in [-0.4, -0.2) is 44.7 Å². The minimum Gasteiger partial charge on any atom is -0.497 e. The number of carbonyl (C=O) groups excluding carboxylic acids is 1. The maximum absolute atomic E-state index is 12.9. The SMILES string of the molecule is COc1ccc(S(=O)(=O)C2CCN(C(=O)c3ccc(-c4cccs4)cc3)CC2)cc1. The van der Waals surface area contributed by atoms with Crippen LogP contribution in [0.25, 0.3) is 10.4 Å². The average Bonchev–Trinajstić information content (AvgIpc) is 3.34. The summed E-state index contributed by atoms with van der Waals surface area (Å²) in [5.41, 5.74) is 1.72. The van der Waals surface area contributed by atoms with Gasteiger partial charge in [-0.1, -0.05) is 18.2 Å². The van der Waals surface area contributed by atoms with E-state index in [9.17, 15) is 13.2 Å². The normalized spacial score (nSPS) is 15.2. The molecular formula is C23H23NO4S2. The molecule has 0 unspecified atom stereocenters. The van der Waals surface area contributed by atoms with Crippen molar-refractivity contribution in [2.45, 2.75) is 23.0 Å². The van der Waals surface area contributed by atoms with Gasteiger partial charge in [-0.25, -0.2) is 8.42 Å². The Bertz CT molecular complexity index is 1100. The van der Waals surface area contributed by atoms with Crippen molar-refractivity contribution >= 4 is 27.1 Å². The number of hydrogen-bond acceptors (Lipinski definition) is 5. The summed E-state index contributed by atoms with van der Waals surface area (Å²) in [4.78, 5) is 16.1. The first-order valence-corrected chi connectivity index (χ1v) is 12.2. The fraction of sp³-hybridized carbons (Fsp3) is 0.261. The van der Waals surface area contributed by atoms with E-state index in [1.165, 1.54) is 4.88 Å². The Balaban J connectivity index is 1.40. The van der Waals surface area contributed by atoms with Crippen LogP contribution in [0.4, 0.5) is 0 Å². The van der Waals surface area contributed by atoms with Gasteiger partial charge in [0.2, 0.25) is 0 Å². The Morgan fingerprint density at radius 2 is 1.67 bits per heavy atom. The van der Waals surface area contributed by atoms with Gasteiger partial charge in [0.1, 0.15) is 5.75 Å². The van der Waals surface area contributed by atoms with Crippen LogP contribution in [0.5, 0.6) is 5.75 Å². The molecule has 7 heteroatoms. The molecule has 156 valence electrons. The van der Waals surface area contributed by atoms with Crippen LogP contribution in [0.15, 0.2) is 70.9 Å². The van der Waals surface area contributed by atoms with E-state index in [1.54, 1.807) is 47.6 Å². The van der Waals surface area contributed by atoms with Crippen LogP contribution in [-0.2, 0) is 9.84 Å². The second-order valence-corrected chi connectivity index (χ2v) is 10.4. The van der Waals surface area contributed by atoms with Crippen molar-refractivity contribution in [3.8, 4) is 16.2 Å². The van der Waals surface area contributed by atoms with Gasteiger partial charge >= 0.3 is 0 Å². The number of piperidine rings is 1. The molecule has 1 aliphatic heterocycles. The summed E-state index contributed by atoms with van der Waals surface area (Å²) in [5, 5.41) is 1.55. The highest BCUT2D eigenvalue weighted by Crippen LogP contribution is 2.28. The van der Waals surface area contributed by atoms with Gasteiger partial charge in [0.05, 0.1) is 17.3 Å². The van der Waals surface area contributed by atoms with Gasteiger partial charge in [0.25, 0.3) is 5.91 Å². The summed E-state index contributed by atoms with van der Waals surface area (Å²) in [7, 11) is -1.88. The predicted molar refractivity (Wildman–Crippen MR) is 119 cm³/mol. The van der Waals surface area contributed by atoms with E-state index >= 15 is 0 Å². The Hall–Kier alpha value is -2.64. The van der Waals surface area contributed by atoms with E-state index in [-0.39, 0.29) is 5.91 Å². The third kappa shape index (κ3) is 4.13. The molecule has 1 aromatic heterocycles. The molecule has 1 amide bonds. The number of sulfone groups is 1. The van der Waals surface area contributed by atoms with Gasteiger partial charge in [-0.3, -0.25) is 4.79 Å². The Kier molecular flexibility index (Phi) is 5.92. The third-order valence-electron chi connectivity index (χ3n) is 5.49. The number of rotatable bonds is 5. The molecular weight excluding hydrogens is 418 g/mol. The Labute approximate surface area is 180 Å². The molecule has 5 nitrogen and oxygen atoms in total. The predicted octanol–water partition coefficient (Wildman–Crippen LogP) is 4.50. The highest BCUT2D eigenvalue weighted by atomic mass is 32.2. The molecule has 0 radical (unpaired) electrons. The lowest BCUT2D eigenvalue weighted by atomic mass is 10.1. The van der Waals surface area contributed by atoms with E-state index in [2.05, 4.69) is 6.07 Å². The Morgan fingerprint density at radius 3 is 2.23 bits per heavy atom. The second kappa shape index (κ2) is 8.62. The fourth-order valence-electron chi connectivity index (χ4n) is 3.73. The lowest BCUT2D eigenvalue weighted by Gasteiger charge is -2.32. The highest BCUT2D eigenvalue weighted by molar-refractivity contribution is 7.92. The number of carbonyl (C=O) groups is 1. The van der Waals surface area contributed by atoms with Crippen LogP contribution in [0.1, 0.15) is 23.2 Å². The molecule has 2 aromatic carbocycles. The van der Waals surface area contributed by atoms with E-state index in [0.717, 1.165) is 5.56 Å². The average molecular weight is 442 g/mol. The minimum atomic E-state index is -3.42. The molecule has 1 saturated heterocycles.